The quantitative estimate of drug-likeness (QED) is 0.0317. The molecule has 0 fully saturated rings. The molecular weight excluding hydrogens is 841 g/mol. The molecule has 0 aliphatic rings. The summed E-state index contributed by atoms with van der Waals surface area (Å²) in [5.41, 5.74) is 16.4. The predicted molar refractivity (Wildman–Crippen MR) is 278 cm³/mol. The normalized spacial score (nSPS) is 12.6. The molecular formula is C60H96NPd. The SMILES string of the molecule is CCCCCCCCc1cc([C](=C(CC)C(C)=Nc2cc(CCCCCCCC)c(CCCCCC)c(-c3ccccc3)c2)[Pd]([CH2]C)[CH2]CCC)cc(CC)c1CCCCCC. The summed E-state index contributed by atoms with van der Waals surface area (Å²) in [6.07, 6.45) is 36.2. The Morgan fingerprint density at radius 3 is 1.50 bits per heavy atom. The zero-order chi connectivity index (χ0) is 44.8. The minimum absolute atomic E-state index is 0.993. The van der Waals surface area contributed by atoms with Gasteiger partial charge < -0.3 is 0 Å². The van der Waals surface area contributed by atoms with Crippen LogP contribution < -0.4 is 0 Å². The van der Waals surface area contributed by atoms with E-state index in [0.717, 1.165) is 24.9 Å². The second kappa shape index (κ2) is 33.2. The Labute approximate surface area is 391 Å². The Balaban J connectivity index is 2.27. The third-order valence-electron chi connectivity index (χ3n) is 13.1. The van der Waals surface area contributed by atoms with E-state index in [1.165, 1.54) is 193 Å². The van der Waals surface area contributed by atoms with E-state index in [-0.39, 0.29) is 0 Å². The summed E-state index contributed by atoms with van der Waals surface area (Å²) in [5, 5.41) is 0. The van der Waals surface area contributed by atoms with Crippen LogP contribution in [0.2, 0.25) is 9.79 Å². The monoisotopic (exact) mass is 937 g/mol. The van der Waals surface area contributed by atoms with Crippen molar-refractivity contribution in [1.82, 2.24) is 0 Å². The van der Waals surface area contributed by atoms with Gasteiger partial charge in [-0.3, -0.25) is 0 Å². The van der Waals surface area contributed by atoms with Crippen LogP contribution in [0.25, 0.3) is 15.2 Å². The Morgan fingerprint density at radius 2 is 0.968 bits per heavy atom. The van der Waals surface area contributed by atoms with Gasteiger partial charge in [-0.05, 0) is 0 Å². The van der Waals surface area contributed by atoms with Crippen molar-refractivity contribution < 1.29 is 16.8 Å². The van der Waals surface area contributed by atoms with E-state index in [0.29, 0.717) is 0 Å². The van der Waals surface area contributed by atoms with Crippen LogP contribution in [0.4, 0.5) is 5.69 Å². The molecule has 0 saturated heterocycles. The fourth-order valence-corrected chi connectivity index (χ4v) is 14.2. The molecule has 3 rings (SSSR count). The van der Waals surface area contributed by atoms with E-state index in [4.69, 9.17) is 4.99 Å². The Bertz CT molecular complexity index is 1700. The van der Waals surface area contributed by atoms with Crippen LogP contribution in [-0.4, -0.2) is 5.71 Å². The van der Waals surface area contributed by atoms with Gasteiger partial charge in [0.1, 0.15) is 0 Å². The number of rotatable bonds is 35. The van der Waals surface area contributed by atoms with Crippen LogP contribution in [0.15, 0.2) is 65.2 Å². The molecule has 351 valence electrons. The zero-order valence-corrected chi connectivity index (χ0v) is 43.7. The Morgan fingerprint density at radius 1 is 0.484 bits per heavy atom. The summed E-state index contributed by atoms with van der Waals surface area (Å²) in [7, 11) is 0. The molecule has 0 bridgehead atoms. The van der Waals surface area contributed by atoms with E-state index in [9.17, 15) is 0 Å². The second-order valence-corrected chi connectivity index (χ2v) is 22.7. The zero-order valence-electron chi connectivity index (χ0n) is 42.2. The average Bonchev–Trinajstić information content (AvgIpc) is 3.29. The van der Waals surface area contributed by atoms with Gasteiger partial charge in [0.05, 0.1) is 0 Å². The number of benzene rings is 3. The first-order valence-electron chi connectivity index (χ1n) is 26.6. The fraction of sp³-hybridized carbons (Fsp3) is 0.650. The molecule has 0 saturated carbocycles. The number of unbranched alkanes of at least 4 members (excludes halogenated alkanes) is 17. The van der Waals surface area contributed by atoms with Gasteiger partial charge in [-0.15, -0.1) is 0 Å². The van der Waals surface area contributed by atoms with Crippen molar-refractivity contribution in [2.24, 2.45) is 4.99 Å². The number of nitrogens with zero attached hydrogens (tertiary/aromatic N) is 1. The molecule has 3 aromatic carbocycles. The first kappa shape index (κ1) is 54.1. The van der Waals surface area contributed by atoms with Gasteiger partial charge in [0.2, 0.25) is 0 Å². The van der Waals surface area contributed by atoms with Crippen LogP contribution in [0.3, 0.4) is 0 Å². The van der Waals surface area contributed by atoms with Crippen LogP contribution >= 0.6 is 0 Å². The van der Waals surface area contributed by atoms with Gasteiger partial charge in [-0.1, -0.05) is 33.1 Å². The number of allylic oxidation sites excluding steroid dienone is 1. The Hall–Kier alpha value is -2.27. The molecule has 0 N–H and O–H groups in total. The summed E-state index contributed by atoms with van der Waals surface area (Å²) in [5.74, 6) is 0. The molecule has 0 aromatic heterocycles. The standard InChI is InChI=1S/C54H82N.C4H9.C2H5.Pd/c1-8-14-18-22-24-27-35-49-41-45(40-47(13-6)52(49)37-31-20-16-10-3)39-46(12-5)44(7)55-51-42-50(36-28-25-23-19-15-9-2)53(38-32-21-17-11-4)54(43-51)48-33-29-26-30-34-48;1-3-4-2;1-2;/h26,29-30,33-34,40-43H,8-25,27-28,31-32,35-38H2,1-7H3;1,3-4H2,2H3;1H2,2H3;. The summed E-state index contributed by atoms with van der Waals surface area (Å²) < 4.78 is 1.72. The molecule has 0 atom stereocenters. The maximum atomic E-state index is 5.74. The molecule has 3 aromatic rings. The fourth-order valence-electron chi connectivity index (χ4n) is 9.39. The number of hydrogen-bond donors (Lipinski definition) is 0. The molecule has 0 aliphatic heterocycles. The molecule has 0 heterocycles. The summed E-state index contributed by atoms with van der Waals surface area (Å²) >= 11 is -0.993. The van der Waals surface area contributed by atoms with Gasteiger partial charge in [-0.2, -0.15) is 0 Å². The van der Waals surface area contributed by atoms with E-state index < -0.39 is 16.8 Å². The third-order valence-corrected chi connectivity index (χ3v) is 17.9. The van der Waals surface area contributed by atoms with E-state index >= 15 is 0 Å². The molecule has 62 heavy (non-hydrogen) atoms. The van der Waals surface area contributed by atoms with Gasteiger partial charge >= 0.3 is 361 Å². The van der Waals surface area contributed by atoms with Gasteiger partial charge in [-0.25, -0.2) is 0 Å². The summed E-state index contributed by atoms with van der Waals surface area (Å²) in [4.78, 5) is 8.40. The van der Waals surface area contributed by atoms with Gasteiger partial charge in [0.25, 0.3) is 0 Å². The first-order valence-corrected chi connectivity index (χ1v) is 29.5. The second-order valence-electron chi connectivity index (χ2n) is 18.2. The molecule has 0 radical (unpaired) electrons. The van der Waals surface area contributed by atoms with Crippen LogP contribution in [0, 0.1) is 0 Å². The van der Waals surface area contributed by atoms with Crippen molar-refractivity contribution in [3.63, 3.8) is 0 Å². The van der Waals surface area contributed by atoms with Crippen LogP contribution in [0.1, 0.15) is 243 Å². The molecule has 1 nitrogen and oxygen atoms in total. The number of hydrogen-bond acceptors (Lipinski definition) is 1. The summed E-state index contributed by atoms with van der Waals surface area (Å²) in [6.45, 7) is 21.4. The van der Waals surface area contributed by atoms with Gasteiger partial charge in [0, 0.05) is 0 Å². The molecule has 0 aliphatic carbocycles. The third kappa shape index (κ3) is 18.7. The number of aliphatic imine (C=N–C) groups is 1. The summed E-state index contributed by atoms with van der Waals surface area (Å²) in [6, 6.07) is 21.7. The van der Waals surface area contributed by atoms with Gasteiger partial charge in [0.15, 0.2) is 0 Å². The van der Waals surface area contributed by atoms with Crippen molar-refractivity contribution in [2.75, 3.05) is 0 Å². The minimum atomic E-state index is -0.993. The maximum absolute atomic E-state index is 5.74. The average molecular weight is 938 g/mol. The van der Waals surface area contributed by atoms with E-state index in [1.807, 2.05) is 0 Å². The molecule has 0 unspecified atom stereocenters. The first-order chi connectivity index (χ1) is 30.4. The Kier molecular flexibility index (Phi) is 29.0. The van der Waals surface area contributed by atoms with Crippen LogP contribution in [0.5, 0.6) is 0 Å². The molecule has 0 amide bonds. The van der Waals surface area contributed by atoms with Crippen molar-refractivity contribution in [3.8, 4) is 11.1 Å². The van der Waals surface area contributed by atoms with Crippen molar-refractivity contribution in [1.29, 1.82) is 0 Å². The van der Waals surface area contributed by atoms with Crippen LogP contribution in [-0.2, 0) is 48.9 Å². The van der Waals surface area contributed by atoms with E-state index in [1.54, 1.807) is 37.4 Å². The van der Waals surface area contributed by atoms with Crippen molar-refractivity contribution >= 4 is 15.4 Å². The molecule has 0 spiro atoms. The predicted octanol–water partition coefficient (Wildman–Crippen LogP) is 20.2. The van der Waals surface area contributed by atoms with Crippen molar-refractivity contribution in [2.45, 2.75) is 252 Å². The van der Waals surface area contributed by atoms with E-state index in [2.05, 4.69) is 117 Å². The molecule has 2 heteroatoms. The number of aryl methyl sites for hydroxylation is 3. The van der Waals surface area contributed by atoms with Crippen molar-refractivity contribution in [3.05, 3.63) is 93.6 Å². The topological polar surface area (TPSA) is 12.4 Å².